The molecule has 1 heterocycles. The molecular formula is C13H15ClF2N2O. The second-order valence-corrected chi connectivity index (χ2v) is 5.12. The fourth-order valence-electron chi connectivity index (χ4n) is 2.33. The topological polar surface area (TPSA) is 32.3 Å². The lowest BCUT2D eigenvalue weighted by molar-refractivity contribution is 0.0787. The van der Waals surface area contributed by atoms with E-state index >= 15 is 0 Å². The summed E-state index contributed by atoms with van der Waals surface area (Å²) >= 11 is 5.81. The molecule has 0 bridgehead atoms. The van der Waals surface area contributed by atoms with Gasteiger partial charge in [-0.05, 0) is 38.1 Å². The van der Waals surface area contributed by atoms with Gasteiger partial charge in [0.05, 0.1) is 10.6 Å². The molecule has 0 radical (unpaired) electrons. The second kappa shape index (κ2) is 5.84. The van der Waals surface area contributed by atoms with E-state index in [-0.39, 0.29) is 16.5 Å². The van der Waals surface area contributed by atoms with Crippen LogP contribution >= 0.6 is 11.6 Å². The van der Waals surface area contributed by atoms with Crippen LogP contribution in [0, 0.1) is 17.6 Å². The predicted molar refractivity (Wildman–Crippen MR) is 69.3 cm³/mol. The molecule has 1 aromatic rings. The molecule has 6 heteroatoms. The van der Waals surface area contributed by atoms with Gasteiger partial charge in [-0.3, -0.25) is 4.79 Å². The monoisotopic (exact) mass is 288 g/mol. The van der Waals surface area contributed by atoms with Crippen molar-refractivity contribution in [1.82, 2.24) is 10.2 Å². The number of halogens is 3. The number of amides is 1. The van der Waals surface area contributed by atoms with Crippen LogP contribution in [0.5, 0.6) is 0 Å². The van der Waals surface area contributed by atoms with E-state index in [1.54, 1.807) is 4.90 Å². The second-order valence-electron chi connectivity index (χ2n) is 4.71. The zero-order valence-electron chi connectivity index (χ0n) is 10.5. The van der Waals surface area contributed by atoms with E-state index in [1.807, 2.05) is 7.05 Å². The number of benzene rings is 1. The maximum absolute atomic E-state index is 13.2. The number of carbonyl (C=O) groups is 1. The summed E-state index contributed by atoms with van der Waals surface area (Å²) in [6.45, 7) is 2.05. The lowest BCUT2D eigenvalue weighted by Crippen LogP contribution is -2.30. The lowest BCUT2D eigenvalue weighted by atomic mass is 10.1. The number of hydrogen-bond acceptors (Lipinski definition) is 2. The molecule has 3 nitrogen and oxygen atoms in total. The van der Waals surface area contributed by atoms with Crippen molar-refractivity contribution in [3.05, 3.63) is 34.4 Å². The van der Waals surface area contributed by atoms with Crippen molar-refractivity contribution in [2.75, 3.05) is 26.7 Å². The van der Waals surface area contributed by atoms with Gasteiger partial charge in [0.1, 0.15) is 0 Å². The van der Waals surface area contributed by atoms with E-state index in [0.29, 0.717) is 19.0 Å². The van der Waals surface area contributed by atoms with Crippen LogP contribution in [0.3, 0.4) is 0 Å². The fraction of sp³-hybridized carbons (Fsp3) is 0.462. The van der Waals surface area contributed by atoms with E-state index in [1.165, 1.54) is 0 Å². The van der Waals surface area contributed by atoms with E-state index < -0.39 is 11.6 Å². The van der Waals surface area contributed by atoms with Gasteiger partial charge in [-0.15, -0.1) is 0 Å². The predicted octanol–water partition coefficient (Wildman–Crippen LogP) is 2.30. The highest BCUT2D eigenvalue weighted by atomic mass is 35.5. The van der Waals surface area contributed by atoms with Crippen molar-refractivity contribution < 1.29 is 13.6 Å². The molecule has 0 aromatic heterocycles. The molecule has 1 unspecified atom stereocenters. The SMILES string of the molecule is CNCC1CCN(C(=O)c2cc(F)c(F)cc2Cl)C1. The number of nitrogens with one attached hydrogen (secondary N) is 1. The Kier molecular flexibility index (Phi) is 4.37. The van der Waals surface area contributed by atoms with Gasteiger partial charge < -0.3 is 10.2 Å². The zero-order chi connectivity index (χ0) is 14.0. The number of nitrogens with zero attached hydrogens (tertiary/aromatic N) is 1. The standard InChI is InChI=1S/C13H15ClF2N2O/c1-17-6-8-2-3-18(7-8)13(19)9-4-11(15)12(16)5-10(9)14/h4-5,8,17H,2-3,6-7H2,1H3. The van der Waals surface area contributed by atoms with Crippen LogP contribution < -0.4 is 5.32 Å². The maximum atomic E-state index is 13.2. The molecule has 1 fully saturated rings. The molecule has 1 aromatic carbocycles. The zero-order valence-corrected chi connectivity index (χ0v) is 11.3. The smallest absolute Gasteiger partial charge is 0.255 e. The first kappa shape index (κ1) is 14.2. The first-order chi connectivity index (χ1) is 9.02. The van der Waals surface area contributed by atoms with E-state index in [2.05, 4.69) is 5.32 Å². The minimum absolute atomic E-state index is 0.0191. The highest BCUT2D eigenvalue weighted by Gasteiger charge is 2.28. The summed E-state index contributed by atoms with van der Waals surface area (Å²) in [5.74, 6) is -2.06. The summed E-state index contributed by atoms with van der Waals surface area (Å²) in [6, 6.07) is 1.71. The average Bonchev–Trinajstić information content (AvgIpc) is 2.82. The molecule has 2 rings (SSSR count). The van der Waals surface area contributed by atoms with Crippen LogP contribution in [-0.2, 0) is 0 Å². The van der Waals surface area contributed by atoms with Gasteiger partial charge in [0, 0.05) is 13.1 Å². The van der Waals surface area contributed by atoms with Crippen molar-refractivity contribution >= 4 is 17.5 Å². The fourth-order valence-corrected chi connectivity index (χ4v) is 2.56. The third-order valence-corrected chi connectivity index (χ3v) is 3.62. The Morgan fingerprint density at radius 3 is 2.84 bits per heavy atom. The van der Waals surface area contributed by atoms with Crippen LogP contribution in [0.2, 0.25) is 5.02 Å². The molecular weight excluding hydrogens is 274 g/mol. The summed E-state index contributed by atoms with van der Waals surface area (Å²) in [6.07, 6.45) is 0.897. The Morgan fingerprint density at radius 1 is 1.47 bits per heavy atom. The molecule has 1 N–H and O–H groups in total. The third kappa shape index (κ3) is 3.04. The summed E-state index contributed by atoms with van der Waals surface area (Å²) in [7, 11) is 1.86. The summed E-state index contributed by atoms with van der Waals surface area (Å²) in [4.78, 5) is 13.8. The van der Waals surface area contributed by atoms with E-state index in [9.17, 15) is 13.6 Å². The largest absolute Gasteiger partial charge is 0.338 e. The number of rotatable bonds is 3. The van der Waals surface area contributed by atoms with Gasteiger partial charge >= 0.3 is 0 Å². The number of carbonyl (C=O) groups excluding carboxylic acids is 1. The molecule has 0 saturated carbocycles. The molecule has 1 aliphatic rings. The molecule has 1 saturated heterocycles. The highest BCUT2D eigenvalue weighted by Crippen LogP contribution is 2.24. The molecule has 1 atom stereocenters. The van der Waals surface area contributed by atoms with Gasteiger partial charge in [-0.2, -0.15) is 0 Å². The normalized spacial score (nSPS) is 18.9. The van der Waals surface area contributed by atoms with Crippen LogP contribution in [0.4, 0.5) is 8.78 Å². The number of hydrogen-bond donors (Lipinski definition) is 1. The summed E-state index contributed by atoms with van der Waals surface area (Å²) in [5, 5.41) is 3.01. The van der Waals surface area contributed by atoms with E-state index in [4.69, 9.17) is 11.6 Å². The summed E-state index contributed by atoms with van der Waals surface area (Å²) in [5.41, 5.74) is 0.0191. The first-order valence-corrected chi connectivity index (χ1v) is 6.49. The van der Waals surface area contributed by atoms with Crippen LogP contribution in [-0.4, -0.2) is 37.5 Å². The Labute approximate surface area is 115 Å². The van der Waals surface area contributed by atoms with Crippen LogP contribution in [0.15, 0.2) is 12.1 Å². The van der Waals surface area contributed by atoms with Crippen LogP contribution in [0.25, 0.3) is 0 Å². The first-order valence-electron chi connectivity index (χ1n) is 6.11. The average molecular weight is 289 g/mol. The molecule has 0 aliphatic carbocycles. The molecule has 1 aliphatic heterocycles. The Hall–Kier alpha value is -1.20. The van der Waals surface area contributed by atoms with E-state index in [0.717, 1.165) is 25.1 Å². The third-order valence-electron chi connectivity index (χ3n) is 3.31. The van der Waals surface area contributed by atoms with Crippen LogP contribution in [0.1, 0.15) is 16.8 Å². The van der Waals surface area contributed by atoms with Crippen molar-refractivity contribution in [2.45, 2.75) is 6.42 Å². The number of likely N-dealkylation sites (tertiary alicyclic amines) is 1. The van der Waals surface area contributed by atoms with Gasteiger partial charge in [-0.1, -0.05) is 11.6 Å². The van der Waals surface area contributed by atoms with Gasteiger partial charge in [-0.25, -0.2) is 8.78 Å². The molecule has 0 spiro atoms. The minimum Gasteiger partial charge on any atom is -0.338 e. The Morgan fingerprint density at radius 2 is 2.16 bits per heavy atom. The van der Waals surface area contributed by atoms with Crippen molar-refractivity contribution in [2.24, 2.45) is 5.92 Å². The quantitative estimate of drug-likeness (QED) is 0.866. The van der Waals surface area contributed by atoms with Crippen molar-refractivity contribution in [1.29, 1.82) is 0 Å². The maximum Gasteiger partial charge on any atom is 0.255 e. The van der Waals surface area contributed by atoms with Crippen molar-refractivity contribution in [3.63, 3.8) is 0 Å². The summed E-state index contributed by atoms with van der Waals surface area (Å²) < 4.78 is 26.2. The van der Waals surface area contributed by atoms with Gasteiger partial charge in [0.25, 0.3) is 5.91 Å². The minimum atomic E-state index is -1.06. The van der Waals surface area contributed by atoms with Gasteiger partial charge in [0.2, 0.25) is 0 Å². The molecule has 19 heavy (non-hydrogen) atoms. The molecule has 104 valence electrons. The lowest BCUT2D eigenvalue weighted by Gasteiger charge is -2.17. The Bertz CT molecular complexity index is 496. The molecule has 1 amide bonds. The Balaban J connectivity index is 2.15. The van der Waals surface area contributed by atoms with Crippen molar-refractivity contribution in [3.8, 4) is 0 Å². The highest BCUT2D eigenvalue weighted by molar-refractivity contribution is 6.33. The van der Waals surface area contributed by atoms with Gasteiger partial charge in [0.15, 0.2) is 11.6 Å².